The van der Waals surface area contributed by atoms with Gasteiger partial charge in [-0.3, -0.25) is 9.48 Å². The minimum absolute atomic E-state index is 0.0150. The van der Waals surface area contributed by atoms with Gasteiger partial charge in [0.25, 0.3) is 5.91 Å². The first-order chi connectivity index (χ1) is 12.2. The largest absolute Gasteiger partial charge is 0.489 e. The van der Waals surface area contributed by atoms with E-state index in [0.29, 0.717) is 17.9 Å². The minimum Gasteiger partial charge on any atom is -0.489 e. The van der Waals surface area contributed by atoms with Crippen molar-refractivity contribution in [3.63, 3.8) is 0 Å². The number of hydrogen-bond donors (Lipinski definition) is 1. The third-order valence-electron chi connectivity index (χ3n) is 4.21. The fourth-order valence-corrected chi connectivity index (χ4v) is 4.74. The van der Waals surface area contributed by atoms with Crippen molar-refractivity contribution in [1.29, 1.82) is 0 Å². The lowest BCUT2D eigenvalue weighted by Crippen LogP contribution is -2.17. The van der Waals surface area contributed by atoms with Gasteiger partial charge in [0.2, 0.25) is 0 Å². The molecule has 1 saturated heterocycles. The van der Waals surface area contributed by atoms with E-state index in [9.17, 15) is 13.2 Å². The van der Waals surface area contributed by atoms with E-state index in [2.05, 4.69) is 10.4 Å². The van der Waals surface area contributed by atoms with Crippen LogP contribution in [0.15, 0.2) is 30.3 Å². The van der Waals surface area contributed by atoms with Crippen molar-refractivity contribution in [2.75, 3.05) is 16.8 Å². The molecule has 1 N–H and O–H groups in total. The smallest absolute Gasteiger partial charge is 0.276 e. The predicted molar refractivity (Wildman–Crippen MR) is 99.4 cm³/mol. The van der Waals surface area contributed by atoms with Gasteiger partial charge in [0.15, 0.2) is 15.5 Å². The Labute approximate surface area is 153 Å². The summed E-state index contributed by atoms with van der Waals surface area (Å²) in [6, 6.07) is 8.68. The van der Waals surface area contributed by atoms with Crippen LogP contribution in [-0.2, 0) is 9.84 Å². The van der Waals surface area contributed by atoms with Gasteiger partial charge in [-0.15, -0.1) is 0 Å². The second-order valence-electron chi connectivity index (χ2n) is 6.79. The molecule has 1 aromatic heterocycles. The van der Waals surface area contributed by atoms with Crippen LogP contribution in [0.1, 0.15) is 42.5 Å². The number of aromatic nitrogens is 2. The zero-order chi connectivity index (χ0) is 18.9. The fraction of sp³-hybridized carbons (Fsp3) is 0.444. The summed E-state index contributed by atoms with van der Waals surface area (Å²) in [5.41, 5.74) is 1.59. The first kappa shape index (κ1) is 18.4. The minimum atomic E-state index is -3.02. The number of anilines is 1. The fourth-order valence-electron chi connectivity index (χ4n) is 3.05. The first-order valence-corrected chi connectivity index (χ1v) is 10.4. The summed E-state index contributed by atoms with van der Waals surface area (Å²) in [6.07, 6.45) is 0.510. The van der Waals surface area contributed by atoms with E-state index in [4.69, 9.17) is 4.74 Å². The van der Waals surface area contributed by atoms with Gasteiger partial charge in [0, 0.05) is 5.69 Å². The molecule has 2 aromatic rings. The molecule has 0 bridgehead atoms. The van der Waals surface area contributed by atoms with E-state index in [0.717, 1.165) is 5.69 Å². The zero-order valence-electron chi connectivity index (χ0n) is 15.1. The summed E-state index contributed by atoms with van der Waals surface area (Å²) < 4.78 is 30.8. The van der Waals surface area contributed by atoms with Gasteiger partial charge in [-0.25, -0.2) is 8.42 Å². The molecule has 1 fully saturated rings. The van der Waals surface area contributed by atoms with Crippen LogP contribution in [0.5, 0.6) is 5.75 Å². The lowest BCUT2D eigenvalue weighted by atomic mass is 10.2. The molecule has 7 nitrogen and oxygen atoms in total. The maximum absolute atomic E-state index is 12.6. The van der Waals surface area contributed by atoms with Crippen molar-refractivity contribution in [2.45, 2.75) is 39.3 Å². The number of amides is 1. The van der Waals surface area contributed by atoms with E-state index in [1.54, 1.807) is 22.9 Å². The summed E-state index contributed by atoms with van der Waals surface area (Å²) in [5, 5.41) is 7.16. The predicted octanol–water partition coefficient (Wildman–Crippen LogP) is 2.59. The third-order valence-corrected chi connectivity index (χ3v) is 5.96. The van der Waals surface area contributed by atoms with Crippen molar-refractivity contribution in [3.8, 4) is 5.75 Å². The van der Waals surface area contributed by atoms with E-state index in [-0.39, 0.29) is 35.3 Å². The van der Waals surface area contributed by atoms with Crippen LogP contribution >= 0.6 is 0 Å². The molecule has 1 unspecified atom stereocenters. The van der Waals surface area contributed by atoms with E-state index in [1.807, 2.05) is 32.9 Å². The number of carbonyl (C=O) groups excluding carboxylic acids is 1. The number of nitrogens with one attached hydrogen (secondary N) is 1. The van der Waals surface area contributed by atoms with Gasteiger partial charge >= 0.3 is 0 Å². The number of nitrogens with zero attached hydrogens (tertiary/aromatic N) is 2. The van der Waals surface area contributed by atoms with Crippen LogP contribution in [0.2, 0.25) is 0 Å². The molecule has 3 rings (SSSR count). The molecule has 8 heteroatoms. The second kappa shape index (κ2) is 7.11. The number of hydrogen-bond acceptors (Lipinski definition) is 5. The number of aryl methyl sites for hydroxylation is 1. The summed E-state index contributed by atoms with van der Waals surface area (Å²) in [7, 11) is -3.02. The molecule has 0 aliphatic carbocycles. The number of para-hydroxylation sites is 2. The summed E-state index contributed by atoms with van der Waals surface area (Å²) >= 11 is 0. The Bertz CT molecular complexity index is 918. The van der Waals surface area contributed by atoms with Crippen LogP contribution in [0.3, 0.4) is 0 Å². The lowest BCUT2D eigenvalue weighted by Gasteiger charge is -2.14. The van der Waals surface area contributed by atoms with E-state index < -0.39 is 9.84 Å². The van der Waals surface area contributed by atoms with Crippen molar-refractivity contribution in [3.05, 3.63) is 41.7 Å². The van der Waals surface area contributed by atoms with Crippen LogP contribution in [-0.4, -0.2) is 41.7 Å². The molecule has 0 spiro atoms. The highest BCUT2D eigenvalue weighted by Gasteiger charge is 2.31. The summed E-state index contributed by atoms with van der Waals surface area (Å²) in [6.45, 7) is 5.66. The Morgan fingerprint density at radius 1 is 1.35 bits per heavy atom. The van der Waals surface area contributed by atoms with Crippen LogP contribution < -0.4 is 10.1 Å². The summed E-state index contributed by atoms with van der Waals surface area (Å²) in [5.74, 6) is 0.474. The molecule has 1 amide bonds. The van der Waals surface area contributed by atoms with Gasteiger partial charge in [0.05, 0.1) is 29.3 Å². The first-order valence-electron chi connectivity index (χ1n) is 8.59. The van der Waals surface area contributed by atoms with Crippen LogP contribution in [0.4, 0.5) is 5.69 Å². The highest BCUT2D eigenvalue weighted by molar-refractivity contribution is 7.91. The normalized spacial score (nSPS) is 18.8. The van der Waals surface area contributed by atoms with Crippen LogP contribution in [0.25, 0.3) is 0 Å². The van der Waals surface area contributed by atoms with E-state index in [1.165, 1.54) is 0 Å². The average Bonchev–Trinajstić information content (AvgIpc) is 3.11. The second-order valence-corrected chi connectivity index (χ2v) is 9.02. The number of rotatable bonds is 5. The Morgan fingerprint density at radius 2 is 2.08 bits per heavy atom. The number of ether oxygens (including phenoxy) is 1. The van der Waals surface area contributed by atoms with Crippen molar-refractivity contribution >= 4 is 21.4 Å². The van der Waals surface area contributed by atoms with Crippen molar-refractivity contribution < 1.29 is 17.9 Å². The third kappa shape index (κ3) is 4.07. The SMILES string of the molecule is Cc1cc(C(=O)Nc2ccccc2OC(C)C)nn1C1CCS(=O)(=O)C1. The molecule has 1 aromatic carbocycles. The van der Waals surface area contributed by atoms with Crippen molar-refractivity contribution in [2.24, 2.45) is 0 Å². The number of benzene rings is 1. The van der Waals surface area contributed by atoms with Crippen LogP contribution in [0, 0.1) is 6.92 Å². The molecule has 0 saturated carbocycles. The standard InChI is InChI=1S/C18H23N3O4S/c1-12(2)25-17-7-5-4-6-15(17)19-18(22)16-10-13(3)21(20-16)14-8-9-26(23,24)11-14/h4-7,10,12,14H,8-9,11H2,1-3H3,(H,19,22). The van der Waals surface area contributed by atoms with Gasteiger partial charge in [-0.2, -0.15) is 5.10 Å². The number of carbonyl (C=O) groups is 1. The van der Waals surface area contributed by atoms with E-state index >= 15 is 0 Å². The molecule has 26 heavy (non-hydrogen) atoms. The molecule has 1 atom stereocenters. The molecule has 0 radical (unpaired) electrons. The Kier molecular flexibility index (Phi) is 5.04. The number of sulfone groups is 1. The monoisotopic (exact) mass is 377 g/mol. The van der Waals surface area contributed by atoms with Gasteiger partial charge < -0.3 is 10.1 Å². The topological polar surface area (TPSA) is 90.3 Å². The quantitative estimate of drug-likeness (QED) is 0.865. The highest BCUT2D eigenvalue weighted by atomic mass is 32.2. The molecule has 140 valence electrons. The molecule has 1 aliphatic rings. The Morgan fingerprint density at radius 3 is 2.73 bits per heavy atom. The Balaban J connectivity index is 1.79. The van der Waals surface area contributed by atoms with Gasteiger partial charge in [-0.1, -0.05) is 12.1 Å². The highest BCUT2D eigenvalue weighted by Crippen LogP contribution is 2.27. The van der Waals surface area contributed by atoms with Gasteiger partial charge in [-0.05, 0) is 45.4 Å². The molecule has 1 aliphatic heterocycles. The molecule has 2 heterocycles. The van der Waals surface area contributed by atoms with Crippen molar-refractivity contribution in [1.82, 2.24) is 9.78 Å². The van der Waals surface area contributed by atoms with Gasteiger partial charge in [0.1, 0.15) is 5.75 Å². The lowest BCUT2D eigenvalue weighted by molar-refractivity contribution is 0.102. The Hall–Kier alpha value is -2.35. The zero-order valence-corrected chi connectivity index (χ0v) is 15.9. The summed E-state index contributed by atoms with van der Waals surface area (Å²) in [4.78, 5) is 12.6. The maximum atomic E-state index is 12.6. The average molecular weight is 377 g/mol. The molecular weight excluding hydrogens is 354 g/mol. The molecular formula is C18H23N3O4S. The maximum Gasteiger partial charge on any atom is 0.276 e.